The third-order valence-corrected chi connectivity index (χ3v) is 6.39. The fourth-order valence-corrected chi connectivity index (χ4v) is 4.53. The second-order valence-corrected chi connectivity index (χ2v) is 9.13. The Morgan fingerprint density at radius 1 is 1.12 bits per heavy atom. The molecule has 6 heteroatoms. The molecule has 1 aliphatic rings. The molecule has 0 saturated carbocycles. The Hall–Kier alpha value is -2.08. The summed E-state index contributed by atoms with van der Waals surface area (Å²) >= 11 is 0. The Bertz CT molecular complexity index is 879. The molecule has 1 aliphatic heterocycles. The normalized spacial score (nSPS) is 16.7. The van der Waals surface area contributed by atoms with Gasteiger partial charge < -0.3 is 19.5 Å². The van der Waals surface area contributed by atoms with Gasteiger partial charge in [-0.3, -0.25) is 4.79 Å². The summed E-state index contributed by atoms with van der Waals surface area (Å²) in [6.07, 6.45) is 0.764. The van der Waals surface area contributed by atoms with Crippen LogP contribution in [0.25, 0.3) is 0 Å². The zero-order chi connectivity index (χ0) is 23.1. The number of likely N-dealkylation sites (tertiary alicyclic amines) is 1. The van der Waals surface area contributed by atoms with Gasteiger partial charge in [0, 0.05) is 6.54 Å². The van der Waals surface area contributed by atoms with E-state index < -0.39 is 11.5 Å². The molecular formula is C27H38ClNO4. The third kappa shape index (κ3) is 6.72. The van der Waals surface area contributed by atoms with Crippen molar-refractivity contribution in [1.29, 1.82) is 0 Å². The van der Waals surface area contributed by atoms with Crippen LogP contribution in [0.1, 0.15) is 56.2 Å². The predicted octanol–water partition coefficient (Wildman–Crippen LogP) is 4.88. The third-order valence-electron chi connectivity index (χ3n) is 6.39. The van der Waals surface area contributed by atoms with Crippen molar-refractivity contribution in [2.75, 3.05) is 32.8 Å². The number of piperidine rings is 1. The van der Waals surface area contributed by atoms with Gasteiger partial charge in [0.2, 0.25) is 0 Å². The van der Waals surface area contributed by atoms with Gasteiger partial charge in [-0.25, -0.2) is 0 Å². The summed E-state index contributed by atoms with van der Waals surface area (Å²) in [4.78, 5) is 15.1. The molecule has 33 heavy (non-hydrogen) atoms. The van der Waals surface area contributed by atoms with Crippen molar-refractivity contribution >= 4 is 18.4 Å². The van der Waals surface area contributed by atoms with Crippen molar-refractivity contribution in [2.45, 2.75) is 58.0 Å². The van der Waals surface area contributed by atoms with E-state index in [-0.39, 0.29) is 25.0 Å². The molecule has 1 heterocycles. The van der Waals surface area contributed by atoms with Gasteiger partial charge in [0.25, 0.3) is 0 Å². The summed E-state index contributed by atoms with van der Waals surface area (Å²) in [6, 6.07) is 16.2. The van der Waals surface area contributed by atoms with E-state index in [9.17, 15) is 9.90 Å². The first-order chi connectivity index (χ1) is 15.4. The zero-order valence-electron chi connectivity index (χ0n) is 20.3. The van der Waals surface area contributed by atoms with E-state index in [1.165, 1.54) is 0 Å². The van der Waals surface area contributed by atoms with E-state index >= 15 is 0 Å². The van der Waals surface area contributed by atoms with Crippen LogP contribution in [-0.2, 0) is 14.9 Å². The first-order valence-electron chi connectivity index (χ1n) is 11.7. The minimum absolute atomic E-state index is 0. The largest absolute Gasteiger partial charge is 0.491 e. The molecular weight excluding hydrogens is 438 g/mol. The number of aryl methyl sites for hydroxylation is 1. The fourth-order valence-electron chi connectivity index (χ4n) is 4.53. The Labute approximate surface area is 204 Å². The molecule has 3 rings (SSSR count). The van der Waals surface area contributed by atoms with Crippen LogP contribution in [0.2, 0.25) is 0 Å². The summed E-state index contributed by atoms with van der Waals surface area (Å²) < 4.78 is 11.5. The van der Waals surface area contributed by atoms with Crippen LogP contribution >= 0.6 is 12.4 Å². The van der Waals surface area contributed by atoms with Gasteiger partial charge in [-0.15, -0.1) is 12.4 Å². The van der Waals surface area contributed by atoms with Crippen molar-refractivity contribution < 1.29 is 19.4 Å². The molecule has 1 N–H and O–H groups in total. The zero-order valence-corrected chi connectivity index (χ0v) is 21.1. The summed E-state index contributed by atoms with van der Waals surface area (Å²) in [5.41, 5.74) is 2.71. The van der Waals surface area contributed by atoms with Crippen LogP contribution in [0.15, 0.2) is 48.5 Å². The van der Waals surface area contributed by atoms with Crippen LogP contribution in [0.5, 0.6) is 5.75 Å². The van der Waals surface area contributed by atoms with Gasteiger partial charge >= 0.3 is 5.97 Å². The first kappa shape index (κ1) is 27.2. The fraction of sp³-hybridized carbons (Fsp3) is 0.519. The highest BCUT2D eigenvalue weighted by Crippen LogP contribution is 2.37. The van der Waals surface area contributed by atoms with Crippen molar-refractivity contribution in [3.05, 3.63) is 65.2 Å². The summed E-state index contributed by atoms with van der Waals surface area (Å²) in [6.45, 7) is 10.8. The van der Waals surface area contributed by atoms with E-state index in [1.54, 1.807) is 0 Å². The minimum Gasteiger partial charge on any atom is -0.491 e. The average Bonchev–Trinajstić information content (AvgIpc) is 2.79. The van der Waals surface area contributed by atoms with Gasteiger partial charge in [0.15, 0.2) is 0 Å². The topological polar surface area (TPSA) is 59.0 Å². The number of carbonyl (C=O) groups is 1. The van der Waals surface area contributed by atoms with Crippen LogP contribution in [0, 0.1) is 6.92 Å². The van der Waals surface area contributed by atoms with Gasteiger partial charge in [0.1, 0.15) is 18.5 Å². The van der Waals surface area contributed by atoms with Crippen LogP contribution in [-0.4, -0.2) is 54.9 Å². The molecule has 0 spiro atoms. The molecule has 0 aliphatic carbocycles. The number of ether oxygens (including phenoxy) is 2. The van der Waals surface area contributed by atoms with Crippen LogP contribution in [0.4, 0.5) is 0 Å². The molecule has 0 bridgehead atoms. The Morgan fingerprint density at radius 2 is 1.79 bits per heavy atom. The summed E-state index contributed by atoms with van der Waals surface area (Å²) in [5.74, 6) is 1.07. The molecule has 1 fully saturated rings. The Morgan fingerprint density at radius 3 is 2.39 bits per heavy atom. The van der Waals surface area contributed by atoms with Crippen molar-refractivity contribution in [3.63, 3.8) is 0 Å². The van der Waals surface area contributed by atoms with Crippen LogP contribution in [0.3, 0.4) is 0 Å². The van der Waals surface area contributed by atoms with E-state index in [2.05, 4.69) is 30.9 Å². The number of esters is 1. The van der Waals surface area contributed by atoms with E-state index in [1.807, 2.05) is 50.2 Å². The quantitative estimate of drug-likeness (QED) is 0.524. The number of hydrogen-bond donors (Lipinski definition) is 1. The molecule has 0 radical (unpaired) electrons. The maximum absolute atomic E-state index is 12.9. The van der Waals surface area contributed by atoms with E-state index in [0.29, 0.717) is 31.9 Å². The molecule has 1 saturated heterocycles. The second-order valence-electron chi connectivity index (χ2n) is 9.13. The number of halogens is 1. The molecule has 182 valence electrons. The predicted molar refractivity (Wildman–Crippen MR) is 134 cm³/mol. The summed E-state index contributed by atoms with van der Waals surface area (Å²) in [5, 5.41) is 10.6. The molecule has 2 aromatic rings. The monoisotopic (exact) mass is 475 g/mol. The molecule has 2 aromatic carbocycles. The van der Waals surface area contributed by atoms with E-state index in [0.717, 1.165) is 35.5 Å². The van der Waals surface area contributed by atoms with E-state index in [4.69, 9.17) is 9.47 Å². The number of rotatable bonds is 9. The molecule has 0 amide bonds. The Balaban J connectivity index is 0.00000385. The van der Waals surface area contributed by atoms with Gasteiger partial charge in [-0.1, -0.05) is 56.3 Å². The molecule has 5 nitrogen and oxygen atoms in total. The maximum atomic E-state index is 12.9. The molecule has 1 atom stereocenters. The molecule has 1 unspecified atom stereocenters. The highest BCUT2D eigenvalue weighted by Gasteiger charge is 2.44. The van der Waals surface area contributed by atoms with Crippen LogP contribution < -0.4 is 4.74 Å². The highest BCUT2D eigenvalue weighted by atomic mass is 35.5. The Kier molecular flexibility index (Phi) is 10.2. The highest BCUT2D eigenvalue weighted by molar-refractivity contribution is 5.85. The standard InChI is InChI=1S/C27H37NO4.ClH/c1-5-31-26(30)27(22-9-7-6-8-10-22)13-15-28(16-14-27)18-23(29)19-32-25-17-21(4)11-12-24(25)20(2)3;/h6-12,17,20,23,29H,5,13-16,18-19H2,1-4H3;1H. The van der Waals surface area contributed by atoms with Crippen molar-refractivity contribution in [3.8, 4) is 5.75 Å². The second kappa shape index (κ2) is 12.4. The lowest BCUT2D eigenvalue weighted by Gasteiger charge is -2.40. The number of nitrogens with zero attached hydrogens (tertiary/aromatic N) is 1. The number of carbonyl (C=O) groups excluding carboxylic acids is 1. The molecule has 0 aromatic heterocycles. The number of hydrogen-bond acceptors (Lipinski definition) is 5. The summed E-state index contributed by atoms with van der Waals surface area (Å²) in [7, 11) is 0. The number of benzene rings is 2. The lowest BCUT2D eigenvalue weighted by Crippen LogP contribution is -2.50. The van der Waals surface area contributed by atoms with Crippen molar-refractivity contribution in [2.24, 2.45) is 0 Å². The average molecular weight is 476 g/mol. The van der Waals surface area contributed by atoms with Gasteiger partial charge in [-0.05, 0) is 68.5 Å². The first-order valence-corrected chi connectivity index (χ1v) is 11.7. The number of aliphatic hydroxyl groups is 1. The van der Waals surface area contributed by atoms with Gasteiger partial charge in [-0.2, -0.15) is 0 Å². The minimum atomic E-state index is -0.608. The number of β-amino-alcohol motifs (C(OH)–C–C–N with tert-alkyl or cyclic N) is 1. The lowest BCUT2D eigenvalue weighted by molar-refractivity contribution is -0.152. The maximum Gasteiger partial charge on any atom is 0.316 e. The van der Waals surface area contributed by atoms with Gasteiger partial charge in [0.05, 0.1) is 12.0 Å². The lowest BCUT2D eigenvalue weighted by atomic mass is 9.72. The SMILES string of the molecule is CCOC(=O)C1(c2ccccc2)CCN(CC(O)COc2cc(C)ccc2C(C)C)CC1.Cl. The number of aliphatic hydroxyl groups excluding tert-OH is 1. The smallest absolute Gasteiger partial charge is 0.316 e. The van der Waals surface area contributed by atoms with Crippen molar-refractivity contribution in [1.82, 2.24) is 4.90 Å².